The highest BCUT2D eigenvalue weighted by atomic mass is 35.5. The Morgan fingerprint density at radius 1 is 1.36 bits per heavy atom. The van der Waals surface area contributed by atoms with Crippen LogP contribution in [0.5, 0.6) is 0 Å². The van der Waals surface area contributed by atoms with Crippen molar-refractivity contribution in [3.8, 4) is 0 Å². The van der Waals surface area contributed by atoms with Gasteiger partial charge in [0.15, 0.2) is 0 Å². The predicted octanol–water partition coefficient (Wildman–Crippen LogP) is 2.96. The van der Waals surface area contributed by atoms with Crippen LogP contribution in [-0.2, 0) is 14.3 Å². The summed E-state index contributed by atoms with van der Waals surface area (Å²) in [6.45, 7) is 3.95. The average Bonchev–Trinajstić information content (AvgIpc) is 2.46. The molecule has 0 heterocycles. The second-order valence-corrected chi connectivity index (χ2v) is 4.39. The van der Waals surface area contributed by atoms with Crippen LogP contribution in [0, 0.1) is 10.1 Å². The SMILES string of the molecule is CCOC(=O)C/C(=N/Nc1ccc(Cl)cc1[N+](=O)[O-])OCC. The van der Waals surface area contributed by atoms with Crippen LogP contribution in [0.2, 0.25) is 5.02 Å². The van der Waals surface area contributed by atoms with Crippen molar-refractivity contribution in [1.29, 1.82) is 0 Å². The summed E-state index contributed by atoms with van der Waals surface area (Å²) in [4.78, 5) is 21.8. The number of hydrogen-bond donors (Lipinski definition) is 1. The van der Waals surface area contributed by atoms with Crippen molar-refractivity contribution < 1.29 is 19.2 Å². The Morgan fingerprint density at radius 3 is 2.64 bits per heavy atom. The maximum atomic E-state index is 11.4. The molecule has 22 heavy (non-hydrogen) atoms. The highest BCUT2D eigenvalue weighted by Gasteiger charge is 2.15. The highest BCUT2D eigenvalue weighted by Crippen LogP contribution is 2.27. The number of benzene rings is 1. The molecule has 0 aliphatic rings. The third-order valence-electron chi connectivity index (χ3n) is 2.37. The second kappa shape index (κ2) is 8.83. The van der Waals surface area contributed by atoms with Crippen LogP contribution in [0.4, 0.5) is 11.4 Å². The molecular formula is C13H16ClN3O5. The Labute approximate surface area is 132 Å². The van der Waals surface area contributed by atoms with Crippen molar-refractivity contribution in [2.45, 2.75) is 20.3 Å². The first-order valence-electron chi connectivity index (χ1n) is 6.52. The molecule has 0 bridgehead atoms. The van der Waals surface area contributed by atoms with Gasteiger partial charge in [0, 0.05) is 11.1 Å². The van der Waals surface area contributed by atoms with E-state index in [9.17, 15) is 14.9 Å². The number of ether oxygens (including phenoxy) is 2. The summed E-state index contributed by atoms with van der Waals surface area (Å²) in [5.74, 6) is -0.424. The Morgan fingerprint density at radius 2 is 2.05 bits per heavy atom. The number of anilines is 1. The van der Waals surface area contributed by atoms with Crippen LogP contribution in [0.25, 0.3) is 0 Å². The maximum absolute atomic E-state index is 11.4. The van der Waals surface area contributed by atoms with Gasteiger partial charge in [-0.1, -0.05) is 11.6 Å². The van der Waals surface area contributed by atoms with Gasteiger partial charge in [-0.3, -0.25) is 20.3 Å². The smallest absolute Gasteiger partial charge is 0.315 e. The Balaban J connectivity index is 2.90. The van der Waals surface area contributed by atoms with Gasteiger partial charge in [-0.25, -0.2) is 0 Å². The highest BCUT2D eigenvalue weighted by molar-refractivity contribution is 6.30. The van der Waals surface area contributed by atoms with Gasteiger partial charge in [0.25, 0.3) is 5.69 Å². The number of rotatable bonds is 7. The number of halogens is 1. The van der Waals surface area contributed by atoms with Crippen LogP contribution in [0.1, 0.15) is 20.3 Å². The molecule has 1 aromatic carbocycles. The lowest BCUT2D eigenvalue weighted by molar-refractivity contribution is -0.383. The number of nitro groups is 1. The standard InChI is InChI=1S/C13H16ClN3O5/c1-3-21-12(8-13(18)22-4-2)16-15-10-6-5-9(14)7-11(10)17(19)20/h5-7,15H,3-4,8H2,1-2H3/b16-12-. The molecule has 0 radical (unpaired) electrons. The van der Waals surface area contributed by atoms with Gasteiger partial charge in [-0.05, 0) is 26.0 Å². The van der Waals surface area contributed by atoms with E-state index in [1.54, 1.807) is 13.8 Å². The summed E-state index contributed by atoms with van der Waals surface area (Å²) in [5, 5.41) is 15.1. The zero-order chi connectivity index (χ0) is 16.5. The summed E-state index contributed by atoms with van der Waals surface area (Å²) < 4.78 is 9.99. The van der Waals surface area contributed by atoms with E-state index in [0.717, 1.165) is 0 Å². The number of carbonyl (C=O) groups excluding carboxylic acids is 1. The van der Waals surface area contributed by atoms with E-state index < -0.39 is 10.9 Å². The fourth-order valence-corrected chi connectivity index (χ4v) is 1.66. The molecule has 0 fully saturated rings. The molecular weight excluding hydrogens is 314 g/mol. The van der Waals surface area contributed by atoms with Gasteiger partial charge < -0.3 is 9.47 Å². The summed E-state index contributed by atoms with van der Waals surface area (Å²) in [5.41, 5.74) is 2.41. The molecule has 1 aromatic rings. The number of hydrogen-bond acceptors (Lipinski definition) is 7. The third kappa shape index (κ3) is 5.57. The number of nitro benzene ring substituents is 1. The maximum Gasteiger partial charge on any atom is 0.315 e. The average molecular weight is 330 g/mol. The molecule has 0 aromatic heterocycles. The molecule has 0 aliphatic carbocycles. The number of esters is 1. The minimum Gasteiger partial charge on any atom is -0.480 e. The number of hydrazone groups is 1. The lowest BCUT2D eigenvalue weighted by Crippen LogP contribution is -2.15. The summed E-state index contributed by atoms with van der Waals surface area (Å²) in [7, 11) is 0. The van der Waals surface area contributed by atoms with E-state index >= 15 is 0 Å². The van der Waals surface area contributed by atoms with Crippen molar-refractivity contribution in [3.63, 3.8) is 0 Å². The normalized spacial score (nSPS) is 11.0. The fourth-order valence-electron chi connectivity index (χ4n) is 1.50. The number of nitrogens with one attached hydrogen (secondary N) is 1. The Bertz CT molecular complexity index is 577. The van der Waals surface area contributed by atoms with Gasteiger partial charge in [-0.15, -0.1) is 5.10 Å². The summed E-state index contributed by atoms with van der Waals surface area (Å²) >= 11 is 5.72. The van der Waals surface area contributed by atoms with Gasteiger partial charge in [0.1, 0.15) is 12.1 Å². The largest absolute Gasteiger partial charge is 0.480 e. The van der Waals surface area contributed by atoms with Crippen LogP contribution < -0.4 is 5.43 Å². The molecule has 0 unspecified atom stereocenters. The predicted molar refractivity (Wildman–Crippen MR) is 82.0 cm³/mol. The van der Waals surface area contributed by atoms with E-state index in [1.165, 1.54) is 18.2 Å². The molecule has 8 nitrogen and oxygen atoms in total. The topological polar surface area (TPSA) is 103 Å². The van der Waals surface area contributed by atoms with E-state index in [4.69, 9.17) is 21.1 Å². The van der Waals surface area contributed by atoms with Crippen molar-refractivity contribution in [3.05, 3.63) is 33.3 Å². The monoisotopic (exact) mass is 329 g/mol. The Hall–Kier alpha value is -2.35. The van der Waals surface area contributed by atoms with E-state index in [-0.39, 0.29) is 35.3 Å². The Kier molecular flexibility index (Phi) is 7.11. The zero-order valence-corrected chi connectivity index (χ0v) is 12.9. The number of nitrogens with zero attached hydrogens (tertiary/aromatic N) is 2. The van der Waals surface area contributed by atoms with E-state index in [1.807, 2.05) is 0 Å². The van der Waals surface area contributed by atoms with Crippen LogP contribution in [-0.4, -0.2) is 30.0 Å². The lowest BCUT2D eigenvalue weighted by Gasteiger charge is -2.08. The molecule has 120 valence electrons. The first-order valence-corrected chi connectivity index (χ1v) is 6.90. The van der Waals surface area contributed by atoms with Crippen molar-refractivity contribution in [1.82, 2.24) is 0 Å². The van der Waals surface area contributed by atoms with Gasteiger partial charge >= 0.3 is 5.97 Å². The minimum absolute atomic E-state index is 0.0743. The van der Waals surface area contributed by atoms with Crippen molar-refractivity contribution in [2.75, 3.05) is 18.6 Å². The molecule has 0 spiro atoms. The first kappa shape index (κ1) is 17.7. The van der Waals surface area contributed by atoms with E-state index in [2.05, 4.69) is 10.5 Å². The molecule has 1 N–H and O–H groups in total. The molecule has 0 amide bonds. The number of carbonyl (C=O) groups is 1. The summed E-state index contributed by atoms with van der Waals surface area (Å²) in [6, 6.07) is 4.10. The fraction of sp³-hybridized carbons (Fsp3) is 0.385. The van der Waals surface area contributed by atoms with E-state index in [0.29, 0.717) is 6.61 Å². The van der Waals surface area contributed by atoms with Crippen LogP contribution >= 0.6 is 11.6 Å². The van der Waals surface area contributed by atoms with Gasteiger partial charge in [-0.2, -0.15) is 0 Å². The molecule has 0 saturated carbocycles. The lowest BCUT2D eigenvalue weighted by atomic mass is 10.3. The third-order valence-corrected chi connectivity index (χ3v) is 2.60. The van der Waals surface area contributed by atoms with Crippen molar-refractivity contribution >= 4 is 34.8 Å². The van der Waals surface area contributed by atoms with Crippen LogP contribution in [0.15, 0.2) is 23.3 Å². The zero-order valence-electron chi connectivity index (χ0n) is 12.2. The summed E-state index contributed by atoms with van der Waals surface area (Å²) in [6.07, 6.45) is -0.171. The van der Waals surface area contributed by atoms with Gasteiger partial charge in [0.2, 0.25) is 5.90 Å². The first-order chi connectivity index (χ1) is 10.5. The molecule has 1 rings (SSSR count). The van der Waals surface area contributed by atoms with Crippen LogP contribution in [0.3, 0.4) is 0 Å². The molecule has 0 saturated heterocycles. The van der Waals surface area contributed by atoms with Crippen molar-refractivity contribution in [2.24, 2.45) is 5.10 Å². The molecule has 0 aliphatic heterocycles. The quantitative estimate of drug-likeness (QED) is 0.271. The second-order valence-electron chi connectivity index (χ2n) is 3.95. The molecule has 0 atom stereocenters. The minimum atomic E-state index is -0.588. The molecule has 9 heteroatoms. The van der Waals surface area contributed by atoms with Gasteiger partial charge in [0.05, 0.1) is 18.1 Å².